The minimum Gasteiger partial charge on any atom is -0.453 e. The molecule has 1 unspecified atom stereocenters. The molecule has 26 heavy (non-hydrogen) atoms. The van der Waals surface area contributed by atoms with E-state index in [0.29, 0.717) is 15.6 Å². The number of carbonyl (C=O) groups excluding carboxylic acids is 1. The molecule has 0 fully saturated rings. The number of hydrogen-bond acceptors (Lipinski definition) is 3. The van der Waals surface area contributed by atoms with Crippen molar-refractivity contribution in [2.75, 3.05) is 0 Å². The molecule has 0 radical (unpaired) electrons. The fraction of sp³-hybridized carbons (Fsp3) is 0.111. The van der Waals surface area contributed by atoms with E-state index in [9.17, 15) is 13.6 Å². The van der Waals surface area contributed by atoms with Gasteiger partial charge < -0.3 is 15.5 Å². The molecule has 0 aliphatic rings. The monoisotopic (exact) mass is 438 g/mol. The summed E-state index contributed by atoms with van der Waals surface area (Å²) in [6.45, 7) is 1.21. The second-order valence-electron chi connectivity index (χ2n) is 5.62. The summed E-state index contributed by atoms with van der Waals surface area (Å²) in [7, 11) is 0. The van der Waals surface area contributed by atoms with E-state index in [0.717, 1.165) is 11.5 Å². The van der Waals surface area contributed by atoms with Gasteiger partial charge in [-0.25, -0.2) is 8.78 Å². The first-order valence-corrected chi connectivity index (χ1v) is 8.71. The van der Waals surface area contributed by atoms with E-state index in [1.54, 1.807) is 12.3 Å². The highest BCUT2D eigenvalue weighted by Gasteiger charge is 2.26. The average molecular weight is 439 g/mol. The molecule has 2 aromatic carbocycles. The quantitative estimate of drug-likeness (QED) is 0.464. The highest BCUT2D eigenvalue weighted by Crippen LogP contribution is 2.38. The first-order valence-electron chi connectivity index (χ1n) is 7.51. The molecule has 1 atom stereocenters. The number of ether oxygens (including phenoxy) is 1. The zero-order chi connectivity index (χ0) is 19.0. The maximum Gasteiger partial charge on any atom is 0.303 e. The van der Waals surface area contributed by atoms with E-state index >= 15 is 0 Å². The molecular weight excluding hydrogens is 426 g/mol. The van der Waals surface area contributed by atoms with E-state index in [1.165, 1.54) is 25.1 Å². The maximum absolute atomic E-state index is 14.8. The topological polar surface area (TPSA) is 68.1 Å². The number of fused-ring (bicyclic) bond motifs is 1. The number of aromatic amines is 1. The Kier molecular flexibility index (Phi) is 5.06. The molecule has 3 rings (SSSR count). The molecule has 8 heteroatoms. The molecule has 3 aromatic rings. The van der Waals surface area contributed by atoms with Crippen molar-refractivity contribution in [1.82, 2.24) is 4.98 Å². The van der Waals surface area contributed by atoms with Gasteiger partial charge in [0, 0.05) is 39.6 Å². The molecule has 0 bridgehead atoms. The van der Waals surface area contributed by atoms with E-state index in [1.807, 2.05) is 0 Å². The van der Waals surface area contributed by atoms with Crippen LogP contribution in [0.5, 0.6) is 0 Å². The number of thiocarbonyl (C=S) groups is 1. The average Bonchev–Trinajstić information content (AvgIpc) is 3.02. The van der Waals surface area contributed by atoms with Crippen LogP contribution in [0.1, 0.15) is 29.7 Å². The summed E-state index contributed by atoms with van der Waals surface area (Å²) in [5, 5.41) is 0.718. The van der Waals surface area contributed by atoms with Crippen LogP contribution in [0.4, 0.5) is 8.78 Å². The van der Waals surface area contributed by atoms with Crippen LogP contribution in [0.15, 0.2) is 41.0 Å². The number of rotatable bonds is 4. The molecule has 134 valence electrons. The molecule has 0 amide bonds. The maximum atomic E-state index is 14.8. The van der Waals surface area contributed by atoms with Crippen LogP contribution in [0.25, 0.3) is 10.9 Å². The predicted molar refractivity (Wildman–Crippen MR) is 102 cm³/mol. The summed E-state index contributed by atoms with van der Waals surface area (Å²) in [5.74, 6) is -1.81. The number of esters is 1. The standard InChI is InChI=1S/C18H13BrF2N2O2S/c1-8(24)25-17(9-2-3-12(20)11(6-9)18(22)26)15-13(21)7-14-10(16(15)19)4-5-23-14/h2-7,17,23H,1H3,(H2,22,26). The molecule has 4 nitrogen and oxygen atoms in total. The lowest BCUT2D eigenvalue weighted by Gasteiger charge is -2.21. The van der Waals surface area contributed by atoms with Crippen molar-refractivity contribution in [3.8, 4) is 0 Å². The van der Waals surface area contributed by atoms with Crippen molar-refractivity contribution in [2.45, 2.75) is 13.0 Å². The number of aromatic nitrogens is 1. The molecule has 0 aliphatic carbocycles. The Bertz CT molecular complexity index is 1040. The highest BCUT2D eigenvalue weighted by atomic mass is 79.9. The van der Waals surface area contributed by atoms with Gasteiger partial charge in [-0.15, -0.1) is 0 Å². The summed E-state index contributed by atoms with van der Waals surface area (Å²) < 4.78 is 34.5. The third kappa shape index (κ3) is 3.34. The van der Waals surface area contributed by atoms with Gasteiger partial charge in [-0.2, -0.15) is 0 Å². The van der Waals surface area contributed by atoms with E-state index in [-0.39, 0.29) is 16.1 Å². The van der Waals surface area contributed by atoms with Crippen molar-refractivity contribution in [3.05, 3.63) is 69.3 Å². The lowest BCUT2D eigenvalue weighted by molar-refractivity contribution is -0.144. The normalized spacial score (nSPS) is 12.2. The number of carbonyl (C=O) groups is 1. The van der Waals surface area contributed by atoms with Gasteiger partial charge >= 0.3 is 5.97 Å². The molecule has 0 saturated heterocycles. The number of nitrogens with two attached hydrogens (primary N) is 1. The number of nitrogens with one attached hydrogen (secondary N) is 1. The van der Waals surface area contributed by atoms with Crippen LogP contribution in [0.2, 0.25) is 0 Å². The SMILES string of the molecule is CC(=O)OC(c1ccc(F)c(C(N)=S)c1)c1c(F)cc2[nH]ccc2c1Br. The zero-order valence-corrected chi connectivity index (χ0v) is 15.9. The molecule has 1 aromatic heterocycles. The smallest absolute Gasteiger partial charge is 0.303 e. The molecule has 1 heterocycles. The van der Waals surface area contributed by atoms with Gasteiger partial charge in [-0.05, 0) is 45.8 Å². The van der Waals surface area contributed by atoms with Crippen LogP contribution >= 0.6 is 28.1 Å². The number of benzene rings is 2. The second kappa shape index (κ2) is 7.13. The summed E-state index contributed by atoms with van der Waals surface area (Å²) in [5.41, 5.74) is 6.58. The fourth-order valence-electron chi connectivity index (χ4n) is 2.74. The zero-order valence-electron chi connectivity index (χ0n) is 13.5. The summed E-state index contributed by atoms with van der Waals surface area (Å²) >= 11 is 8.23. The minimum absolute atomic E-state index is 0.00564. The summed E-state index contributed by atoms with van der Waals surface area (Å²) in [4.78, 5) is 14.4. The lowest BCUT2D eigenvalue weighted by Crippen LogP contribution is -2.16. The molecule has 3 N–H and O–H groups in total. The molecular formula is C18H13BrF2N2O2S. The predicted octanol–water partition coefficient (Wildman–Crippen LogP) is 4.50. The van der Waals surface area contributed by atoms with E-state index in [2.05, 4.69) is 20.9 Å². The largest absolute Gasteiger partial charge is 0.453 e. The van der Waals surface area contributed by atoms with Crippen LogP contribution in [-0.4, -0.2) is 15.9 Å². The first kappa shape index (κ1) is 18.5. The summed E-state index contributed by atoms with van der Waals surface area (Å²) in [6.07, 6.45) is 0.567. The van der Waals surface area contributed by atoms with Gasteiger partial charge in [0.25, 0.3) is 0 Å². The lowest BCUT2D eigenvalue weighted by atomic mass is 9.97. The van der Waals surface area contributed by atoms with Gasteiger partial charge in [-0.3, -0.25) is 4.79 Å². The Morgan fingerprint density at radius 2 is 2.00 bits per heavy atom. The Hall–Kier alpha value is -2.32. The highest BCUT2D eigenvalue weighted by molar-refractivity contribution is 9.10. The number of H-pyrrole nitrogens is 1. The van der Waals surface area contributed by atoms with Crippen LogP contribution in [0.3, 0.4) is 0 Å². The van der Waals surface area contributed by atoms with Crippen LogP contribution in [-0.2, 0) is 9.53 Å². The van der Waals surface area contributed by atoms with Crippen molar-refractivity contribution < 1.29 is 18.3 Å². The summed E-state index contributed by atoms with van der Waals surface area (Å²) in [6, 6.07) is 6.99. The Labute approximate surface area is 161 Å². The van der Waals surface area contributed by atoms with Crippen molar-refractivity contribution in [1.29, 1.82) is 0 Å². The minimum atomic E-state index is -1.10. The first-order chi connectivity index (χ1) is 12.3. The van der Waals surface area contributed by atoms with Gasteiger partial charge in [0.2, 0.25) is 0 Å². The van der Waals surface area contributed by atoms with Gasteiger partial charge in [0.15, 0.2) is 6.10 Å². The number of halogens is 3. The second-order valence-corrected chi connectivity index (χ2v) is 6.85. The van der Waals surface area contributed by atoms with Gasteiger partial charge in [0.1, 0.15) is 16.6 Å². The van der Waals surface area contributed by atoms with E-state index in [4.69, 9.17) is 22.7 Å². The molecule has 0 saturated carbocycles. The fourth-order valence-corrected chi connectivity index (χ4v) is 3.64. The van der Waals surface area contributed by atoms with Gasteiger partial charge in [0.05, 0.1) is 0 Å². The third-order valence-corrected chi connectivity index (χ3v) is 4.96. The van der Waals surface area contributed by atoms with Crippen LogP contribution < -0.4 is 5.73 Å². The van der Waals surface area contributed by atoms with Gasteiger partial charge in [-0.1, -0.05) is 18.3 Å². The molecule has 0 aliphatic heterocycles. The third-order valence-electron chi connectivity index (χ3n) is 3.88. The Morgan fingerprint density at radius 1 is 1.27 bits per heavy atom. The number of hydrogen-bond donors (Lipinski definition) is 2. The Morgan fingerprint density at radius 3 is 2.65 bits per heavy atom. The Balaban J connectivity index is 2.24. The van der Waals surface area contributed by atoms with Crippen molar-refractivity contribution in [2.24, 2.45) is 5.73 Å². The van der Waals surface area contributed by atoms with Crippen molar-refractivity contribution >= 4 is 50.0 Å². The molecule has 0 spiro atoms. The van der Waals surface area contributed by atoms with Crippen molar-refractivity contribution in [3.63, 3.8) is 0 Å². The van der Waals surface area contributed by atoms with E-state index < -0.39 is 23.7 Å². The van der Waals surface area contributed by atoms with Crippen LogP contribution in [0, 0.1) is 11.6 Å².